The molecule has 0 spiro atoms. The van der Waals surface area contributed by atoms with Gasteiger partial charge in [0, 0.05) is 18.1 Å². The van der Waals surface area contributed by atoms with Crippen LogP contribution in [0.4, 0.5) is 0 Å². The van der Waals surface area contributed by atoms with Crippen molar-refractivity contribution < 1.29 is 14.3 Å². The molecule has 33 heavy (non-hydrogen) atoms. The number of carbonyl (C=O) groups is 1. The summed E-state index contributed by atoms with van der Waals surface area (Å²) < 4.78 is 10.8. The minimum Gasteiger partial charge on any atom is -0.493 e. The van der Waals surface area contributed by atoms with Gasteiger partial charge in [0.2, 0.25) is 5.91 Å². The number of benzene rings is 3. The van der Waals surface area contributed by atoms with Crippen LogP contribution >= 0.6 is 11.6 Å². The molecular weight excluding hydrogens is 436 g/mol. The summed E-state index contributed by atoms with van der Waals surface area (Å²) in [6, 6.07) is 23.5. The van der Waals surface area contributed by atoms with Crippen molar-refractivity contribution in [2.75, 3.05) is 27.3 Å². The summed E-state index contributed by atoms with van der Waals surface area (Å²) in [7, 11) is 3.23. The van der Waals surface area contributed by atoms with Crippen molar-refractivity contribution in [2.24, 2.45) is 0 Å². The van der Waals surface area contributed by atoms with E-state index in [4.69, 9.17) is 21.1 Å². The fourth-order valence-corrected chi connectivity index (χ4v) is 4.69. The fourth-order valence-electron chi connectivity index (χ4n) is 4.56. The van der Waals surface area contributed by atoms with Gasteiger partial charge in [-0.25, -0.2) is 0 Å². The molecule has 1 N–H and O–H groups in total. The maximum Gasteiger partial charge on any atom is 0.243 e. The zero-order chi connectivity index (χ0) is 23.4. The Hall–Kier alpha value is -3.02. The van der Waals surface area contributed by atoms with Crippen LogP contribution in [0.25, 0.3) is 0 Å². The highest BCUT2D eigenvalue weighted by Crippen LogP contribution is 2.34. The highest BCUT2D eigenvalue weighted by molar-refractivity contribution is 6.30. The molecule has 2 unspecified atom stereocenters. The van der Waals surface area contributed by atoms with E-state index >= 15 is 0 Å². The van der Waals surface area contributed by atoms with E-state index in [2.05, 4.69) is 17.4 Å². The Morgan fingerprint density at radius 3 is 2.30 bits per heavy atom. The summed E-state index contributed by atoms with van der Waals surface area (Å²) in [5.74, 6) is 1.39. The standard InChI is InChI=1S/C27H29ClN2O3/c1-27(18-19-9-14-23(32-2)24(17-19)33-3)26(31)30(16-15-29-27)25(20-7-5-4-6-8-20)21-10-12-22(28)13-11-21/h4-14,17,25,29H,15-16,18H2,1-3H3. The third kappa shape index (κ3) is 4.85. The quantitative estimate of drug-likeness (QED) is 0.541. The van der Waals surface area contributed by atoms with Gasteiger partial charge in [-0.1, -0.05) is 60.1 Å². The van der Waals surface area contributed by atoms with E-state index in [9.17, 15) is 4.79 Å². The molecule has 0 bridgehead atoms. The smallest absolute Gasteiger partial charge is 0.243 e. The molecule has 3 aromatic rings. The van der Waals surface area contributed by atoms with Gasteiger partial charge in [-0.15, -0.1) is 0 Å². The van der Waals surface area contributed by atoms with E-state index in [1.54, 1.807) is 14.2 Å². The van der Waals surface area contributed by atoms with Gasteiger partial charge in [0.15, 0.2) is 11.5 Å². The molecule has 1 aliphatic heterocycles. The van der Waals surface area contributed by atoms with E-state index in [0.717, 1.165) is 16.7 Å². The molecule has 2 atom stereocenters. The second-order valence-corrected chi connectivity index (χ2v) is 8.92. The molecule has 1 amide bonds. The Morgan fingerprint density at radius 1 is 0.970 bits per heavy atom. The van der Waals surface area contributed by atoms with Crippen LogP contribution in [0.3, 0.4) is 0 Å². The molecule has 0 radical (unpaired) electrons. The average molecular weight is 465 g/mol. The number of carbonyl (C=O) groups excluding carboxylic acids is 1. The topological polar surface area (TPSA) is 50.8 Å². The molecule has 1 aliphatic rings. The minimum atomic E-state index is -0.753. The monoisotopic (exact) mass is 464 g/mol. The van der Waals surface area contributed by atoms with Crippen molar-refractivity contribution in [3.05, 3.63) is 94.5 Å². The summed E-state index contributed by atoms with van der Waals surface area (Å²) in [5.41, 5.74) is 2.36. The Kier molecular flexibility index (Phi) is 6.91. The zero-order valence-corrected chi connectivity index (χ0v) is 19.9. The molecule has 6 heteroatoms. The number of ether oxygens (including phenoxy) is 2. The normalized spacial score (nSPS) is 19.3. The Labute approximate surface area is 200 Å². The van der Waals surface area contributed by atoms with Crippen LogP contribution < -0.4 is 14.8 Å². The lowest BCUT2D eigenvalue weighted by Crippen LogP contribution is -2.64. The van der Waals surface area contributed by atoms with Gasteiger partial charge in [-0.05, 0) is 54.3 Å². The number of rotatable bonds is 7. The SMILES string of the molecule is COc1ccc(CC2(C)NCCN(C(c3ccccc3)c3ccc(Cl)cc3)C2=O)cc1OC. The summed E-state index contributed by atoms with van der Waals surface area (Å²) >= 11 is 6.15. The molecule has 3 aromatic carbocycles. The lowest BCUT2D eigenvalue weighted by atomic mass is 9.87. The van der Waals surface area contributed by atoms with Gasteiger partial charge in [0.25, 0.3) is 0 Å². The third-order valence-electron chi connectivity index (χ3n) is 6.22. The summed E-state index contributed by atoms with van der Waals surface area (Å²) in [6.45, 7) is 3.29. The summed E-state index contributed by atoms with van der Waals surface area (Å²) in [5, 5.41) is 4.15. The van der Waals surface area contributed by atoms with Crippen LogP contribution in [-0.2, 0) is 11.2 Å². The van der Waals surface area contributed by atoms with Crippen LogP contribution in [0.1, 0.15) is 29.7 Å². The van der Waals surface area contributed by atoms with E-state index in [0.29, 0.717) is 36.0 Å². The number of amides is 1. The maximum absolute atomic E-state index is 14.0. The van der Waals surface area contributed by atoms with Crippen LogP contribution in [0, 0.1) is 0 Å². The van der Waals surface area contributed by atoms with Crippen molar-refractivity contribution in [1.29, 1.82) is 0 Å². The second-order valence-electron chi connectivity index (χ2n) is 8.49. The average Bonchev–Trinajstić information content (AvgIpc) is 2.84. The fraction of sp³-hybridized carbons (Fsp3) is 0.296. The number of nitrogens with one attached hydrogen (secondary N) is 1. The van der Waals surface area contributed by atoms with Crippen LogP contribution in [0.2, 0.25) is 5.02 Å². The predicted molar refractivity (Wildman–Crippen MR) is 131 cm³/mol. The largest absolute Gasteiger partial charge is 0.493 e. The first-order valence-corrected chi connectivity index (χ1v) is 11.4. The van der Waals surface area contributed by atoms with E-state index in [1.807, 2.05) is 72.5 Å². The first kappa shape index (κ1) is 23.1. The van der Waals surface area contributed by atoms with Crippen molar-refractivity contribution in [2.45, 2.75) is 24.9 Å². The minimum absolute atomic E-state index is 0.0623. The first-order valence-electron chi connectivity index (χ1n) is 11.0. The Morgan fingerprint density at radius 2 is 1.64 bits per heavy atom. The van der Waals surface area contributed by atoms with Gasteiger partial charge in [0.05, 0.1) is 25.8 Å². The van der Waals surface area contributed by atoms with Crippen LogP contribution in [0.15, 0.2) is 72.8 Å². The predicted octanol–water partition coefficient (Wildman–Crippen LogP) is 4.88. The zero-order valence-electron chi connectivity index (χ0n) is 19.2. The van der Waals surface area contributed by atoms with Crippen molar-refractivity contribution in [3.63, 3.8) is 0 Å². The second kappa shape index (κ2) is 9.86. The summed E-state index contributed by atoms with van der Waals surface area (Å²) in [4.78, 5) is 15.9. The molecule has 0 aromatic heterocycles. The maximum atomic E-state index is 14.0. The van der Waals surface area contributed by atoms with Crippen LogP contribution in [-0.4, -0.2) is 43.7 Å². The number of piperazine rings is 1. The van der Waals surface area contributed by atoms with Crippen molar-refractivity contribution >= 4 is 17.5 Å². The molecule has 1 heterocycles. The van der Waals surface area contributed by atoms with Gasteiger partial charge in [-0.2, -0.15) is 0 Å². The van der Waals surface area contributed by atoms with E-state index in [-0.39, 0.29) is 11.9 Å². The molecule has 1 saturated heterocycles. The molecule has 1 fully saturated rings. The Balaban J connectivity index is 1.67. The lowest BCUT2D eigenvalue weighted by Gasteiger charge is -2.44. The van der Waals surface area contributed by atoms with Gasteiger partial charge < -0.3 is 19.7 Å². The molecule has 0 saturated carbocycles. The molecule has 172 valence electrons. The third-order valence-corrected chi connectivity index (χ3v) is 6.47. The van der Waals surface area contributed by atoms with E-state index in [1.165, 1.54) is 0 Å². The number of hydrogen-bond donors (Lipinski definition) is 1. The van der Waals surface area contributed by atoms with E-state index < -0.39 is 5.54 Å². The molecule has 4 rings (SSSR count). The highest BCUT2D eigenvalue weighted by atomic mass is 35.5. The first-order chi connectivity index (χ1) is 15.9. The summed E-state index contributed by atoms with van der Waals surface area (Å²) in [6.07, 6.45) is 0.533. The van der Waals surface area contributed by atoms with Gasteiger partial charge in [-0.3, -0.25) is 4.79 Å². The number of nitrogens with zero attached hydrogens (tertiary/aromatic N) is 1. The number of halogens is 1. The van der Waals surface area contributed by atoms with Crippen LogP contribution in [0.5, 0.6) is 11.5 Å². The molecule has 0 aliphatic carbocycles. The lowest BCUT2D eigenvalue weighted by molar-refractivity contribution is -0.142. The van der Waals surface area contributed by atoms with Gasteiger partial charge >= 0.3 is 0 Å². The van der Waals surface area contributed by atoms with Crippen molar-refractivity contribution in [1.82, 2.24) is 10.2 Å². The highest BCUT2D eigenvalue weighted by Gasteiger charge is 2.42. The molecule has 5 nitrogen and oxygen atoms in total. The number of methoxy groups -OCH3 is 2. The van der Waals surface area contributed by atoms with Gasteiger partial charge in [0.1, 0.15) is 0 Å². The van der Waals surface area contributed by atoms with Crippen molar-refractivity contribution in [3.8, 4) is 11.5 Å². The number of hydrogen-bond acceptors (Lipinski definition) is 4. The Bertz CT molecular complexity index is 1100. The molecular formula is C27H29ClN2O3.